The molecule has 0 aliphatic carbocycles. The van der Waals surface area contributed by atoms with Crippen molar-refractivity contribution in [1.82, 2.24) is 5.32 Å². The van der Waals surface area contributed by atoms with Gasteiger partial charge in [-0.05, 0) is 26.7 Å². The molecule has 1 aliphatic rings. The molecule has 3 nitrogen and oxygen atoms in total. The van der Waals surface area contributed by atoms with E-state index in [1.54, 1.807) is 6.20 Å². The van der Waals surface area contributed by atoms with E-state index in [1.165, 1.54) is 11.1 Å². The average Bonchev–Trinajstić information content (AvgIpc) is 2.35. The molecule has 0 aromatic heterocycles. The number of carbonyl (C=O) groups is 1. The number of nitrogens with two attached hydrogens (primary N) is 1. The minimum absolute atomic E-state index is 0.304. The SMILES string of the molecule is Cc1ccc(C)cc1.NC(=O)C1=CNCCC1. The van der Waals surface area contributed by atoms with Crippen molar-refractivity contribution < 1.29 is 4.79 Å². The molecule has 0 radical (unpaired) electrons. The van der Waals surface area contributed by atoms with Crippen molar-refractivity contribution in [1.29, 1.82) is 0 Å². The Labute approximate surface area is 103 Å². The first-order valence-corrected chi connectivity index (χ1v) is 5.85. The highest BCUT2D eigenvalue weighted by atomic mass is 16.1. The van der Waals surface area contributed by atoms with E-state index in [1.807, 2.05) is 0 Å². The van der Waals surface area contributed by atoms with Crippen LogP contribution in [0, 0.1) is 13.8 Å². The van der Waals surface area contributed by atoms with Crippen molar-refractivity contribution in [2.45, 2.75) is 26.7 Å². The Balaban J connectivity index is 0.000000171. The van der Waals surface area contributed by atoms with Gasteiger partial charge in [0.05, 0.1) is 0 Å². The maximum Gasteiger partial charge on any atom is 0.246 e. The molecular weight excluding hydrogens is 212 g/mol. The number of carbonyl (C=O) groups excluding carboxylic acids is 1. The lowest BCUT2D eigenvalue weighted by atomic mass is 10.1. The molecule has 0 unspecified atom stereocenters. The Morgan fingerprint density at radius 2 is 1.71 bits per heavy atom. The zero-order chi connectivity index (χ0) is 12.7. The van der Waals surface area contributed by atoms with Crippen LogP contribution in [0.3, 0.4) is 0 Å². The summed E-state index contributed by atoms with van der Waals surface area (Å²) < 4.78 is 0. The van der Waals surface area contributed by atoms with Gasteiger partial charge in [-0.25, -0.2) is 0 Å². The second-order valence-electron chi connectivity index (χ2n) is 4.25. The largest absolute Gasteiger partial charge is 0.391 e. The molecule has 0 atom stereocenters. The zero-order valence-electron chi connectivity index (χ0n) is 10.5. The highest BCUT2D eigenvalue weighted by molar-refractivity contribution is 5.91. The number of rotatable bonds is 1. The van der Waals surface area contributed by atoms with Crippen molar-refractivity contribution in [3.05, 3.63) is 47.2 Å². The standard InChI is InChI=1S/C8H10.C6H10N2O/c1-7-3-5-8(2)6-4-7;7-6(9)5-2-1-3-8-4-5/h3-6H,1-2H3;4,8H,1-3H2,(H2,7,9). The lowest BCUT2D eigenvalue weighted by Crippen LogP contribution is -2.22. The molecule has 1 aromatic rings. The third-order valence-electron chi connectivity index (χ3n) is 2.58. The third-order valence-corrected chi connectivity index (χ3v) is 2.58. The van der Waals surface area contributed by atoms with Gasteiger partial charge in [-0.3, -0.25) is 4.79 Å². The van der Waals surface area contributed by atoms with Crippen LogP contribution in [0.1, 0.15) is 24.0 Å². The monoisotopic (exact) mass is 232 g/mol. The molecule has 17 heavy (non-hydrogen) atoms. The van der Waals surface area contributed by atoms with Gasteiger partial charge in [0.1, 0.15) is 0 Å². The molecule has 1 aliphatic heterocycles. The molecule has 2 rings (SSSR count). The summed E-state index contributed by atoms with van der Waals surface area (Å²) in [5.41, 5.74) is 8.39. The summed E-state index contributed by atoms with van der Waals surface area (Å²) in [6.07, 6.45) is 3.53. The lowest BCUT2D eigenvalue weighted by Gasteiger charge is -2.10. The third kappa shape index (κ3) is 5.20. The van der Waals surface area contributed by atoms with Crippen molar-refractivity contribution in [3.63, 3.8) is 0 Å². The number of nitrogens with one attached hydrogen (secondary N) is 1. The molecule has 1 heterocycles. The summed E-state index contributed by atoms with van der Waals surface area (Å²) in [5, 5.41) is 2.95. The minimum Gasteiger partial charge on any atom is -0.391 e. The minimum atomic E-state index is -0.304. The Bertz CT molecular complexity index is 372. The van der Waals surface area contributed by atoms with Gasteiger partial charge < -0.3 is 11.1 Å². The maximum absolute atomic E-state index is 10.5. The Morgan fingerprint density at radius 3 is 2.00 bits per heavy atom. The van der Waals surface area contributed by atoms with Gasteiger partial charge in [-0.15, -0.1) is 0 Å². The van der Waals surface area contributed by atoms with Gasteiger partial charge in [0, 0.05) is 18.3 Å². The van der Waals surface area contributed by atoms with Crippen LogP contribution in [0.2, 0.25) is 0 Å². The number of amides is 1. The van der Waals surface area contributed by atoms with E-state index in [9.17, 15) is 4.79 Å². The summed E-state index contributed by atoms with van der Waals surface area (Å²) in [4.78, 5) is 10.5. The van der Waals surface area contributed by atoms with Crippen LogP contribution >= 0.6 is 0 Å². The number of aryl methyl sites for hydroxylation is 2. The van der Waals surface area contributed by atoms with Gasteiger partial charge >= 0.3 is 0 Å². The van der Waals surface area contributed by atoms with E-state index < -0.39 is 0 Å². The van der Waals surface area contributed by atoms with Gasteiger partial charge in [-0.2, -0.15) is 0 Å². The Kier molecular flexibility index (Phi) is 5.27. The fourth-order valence-electron chi connectivity index (χ4n) is 1.48. The number of primary amides is 1. The molecule has 3 N–H and O–H groups in total. The zero-order valence-corrected chi connectivity index (χ0v) is 10.5. The van der Waals surface area contributed by atoms with E-state index in [-0.39, 0.29) is 5.91 Å². The molecule has 0 bridgehead atoms. The van der Waals surface area contributed by atoms with E-state index in [0.29, 0.717) is 5.57 Å². The van der Waals surface area contributed by atoms with Crippen LogP contribution in [-0.2, 0) is 4.79 Å². The summed E-state index contributed by atoms with van der Waals surface area (Å²) in [5.74, 6) is -0.304. The molecule has 1 amide bonds. The molecule has 3 heteroatoms. The lowest BCUT2D eigenvalue weighted by molar-refractivity contribution is -0.114. The van der Waals surface area contributed by atoms with Crippen LogP contribution in [0.5, 0.6) is 0 Å². The summed E-state index contributed by atoms with van der Waals surface area (Å²) in [6, 6.07) is 8.48. The molecule has 0 saturated carbocycles. The predicted molar refractivity (Wildman–Crippen MR) is 70.4 cm³/mol. The van der Waals surface area contributed by atoms with Gasteiger partial charge in [0.25, 0.3) is 0 Å². The average molecular weight is 232 g/mol. The van der Waals surface area contributed by atoms with Crippen molar-refractivity contribution >= 4 is 5.91 Å². The first-order valence-electron chi connectivity index (χ1n) is 5.85. The Morgan fingerprint density at radius 1 is 1.18 bits per heavy atom. The fraction of sp³-hybridized carbons (Fsp3) is 0.357. The van der Waals surface area contributed by atoms with Crippen LogP contribution in [0.15, 0.2) is 36.0 Å². The van der Waals surface area contributed by atoms with Crippen molar-refractivity contribution in [3.8, 4) is 0 Å². The van der Waals surface area contributed by atoms with Crippen molar-refractivity contribution in [2.24, 2.45) is 5.73 Å². The molecular formula is C14H20N2O. The normalized spacial score (nSPS) is 13.9. The van der Waals surface area contributed by atoms with Crippen LogP contribution in [-0.4, -0.2) is 12.5 Å². The topological polar surface area (TPSA) is 55.1 Å². The summed E-state index contributed by atoms with van der Waals surface area (Å²) >= 11 is 0. The van der Waals surface area contributed by atoms with E-state index >= 15 is 0 Å². The molecule has 0 spiro atoms. The fourth-order valence-corrected chi connectivity index (χ4v) is 1.48. The van der Waals surface area contributed by atoms with Crippen LogP contribution in [0.25, 0.3) is 0 Å². The maximum atomic E-state index is 10.5. The van der Waals surface area contributed by atoms with E-state index in [2.05, 4.69) is 43.4 Å². The molecule has 1 aromatic carbocycles. The first-order chi connectivity index (χ1) is 8.09. The summed E-state index contributed by atoms with van der Waals surface area (Å²) in [6.45, 7) is 5.15. The summed E-state index contributed by atoms with van der Waals surface area (Å²) in [7, 11) is 0. The smallest absolute Gasteiger partial charge is 0.246 e. The molecule has 0 saturated heterocycles. The van der Waals surface area contributed by atoms with Crippen LogP contribution in [0.4, 0.5) is 0 Å². The van der Waals surface area contributed by atoms with E-state index in [4.69, 9.17) is 5.73 Å². The van der Waals surface area contributed by atoms with Crippen LogP contribution < -0.4 is 11.1 Å². The predicted octanol–water partition coefficient (Wildman–Crippen LogP) is 2.04. The molecule has 0 fully saturated rings. The van der Waals surface area contributed by atoms with Gasteiger partial charge in [-0.1, -0.05) is 35.4 Å². The first kappa shape index (κ1) is 13.3. The quantitative estimate of drug-likeness (QED) is 0.778. The number of hydrogen-bond acceptors (Lipinski definition) is 2. The number of hydrogen-bond donors (Lipinski definition) is 2. The second kappa shape index (κ2) is 6.74. The molecule has 92 valence electrons. The highest BCUT2D eigenvalue weighted by Gasteiger charge is 2.06. The van der Waals surface area contributed by atoms with Gasteiger partial charge in [0.2, 0.25) is 5.91 Å². The highest BCUT2D eigenvalue weighted by Crippen LogP contribution is 2.05. The van der Waals surface area contributed by atoms with Crippen molar-refractivity contribution in [2.75, 3.05) is 6.54 Å². The van der Waals surface area contributed by atoms with E-state index in [0.717, 1.165) is 19.4 Å². The second-order valence-corrected chi connectivity index (χ2v) is 4.25. The Hall–Kier alpha value is -1.77. The number of benzene rings is 1. The van der Waals surface area contributed by atoms with Gasteiger partial charge in [0.15, 0.2) is 0 Å².